The van der Waals surface area contributed by atoms with Crippen molar-refractivity contribution in [3.05, 3.63) is 45.3 Å². The first-order valence-electron chi connectivity index (χ1n) is 3.99. The minimum absolute atomic E-state index is 0.287. The van der Waals surface area contributed by atoms with Crippen LogP contribution in [0, 0.1) is 4.91 Å². The highest BCUT2D eigenvalue weighted by molar-refractivity contribution is 7.10. The van der Waals surface area contributed by atoms with Gasteiger partial charge in [-0.1, -0.05) is 5.18 Å². The molecule has 3 nitrogen and oxygen atoms in total. The van der Waals surface area contributed by atoms with Gasteiger partial charge < -0.3 is 4.57 Å². The van der Waals surface area contributed by atoms with Gasteiger partial charge in [-0.25, -0.2) is 0 Å². The number of rotatable bonds is 1. The molecule has 13 heavy (non-hydrogen) atoms. The molecule has 2 aromatic heterocycles. The average Bonchev–Trinajstić information content (AvgIpc) is 2.71. The molecule has 0 aliphatic carbocycles. The number of nitroso groups, excluding NO2 is 1. The van der Waals surface area contributed by atoms with E-state index in [1.807, 2.05) is 34.3 Å². The smallest absolute Gasteiger partial charge is 0.168 e. The Kier molecular flexibility index (Phi) is 1.24. The largest absolute Gasteiger partial charge is 0.317 e. The van der Waals surface area contributed by atoms with Crippen LogP contribution in [0.5, 0.6) is 0 Å². The summed E-state index contributed by atoms with van der Waals surface area (Å²) in [6.45, 7) is 0. The average molecular weight is 190 g/mol. The van der Waals surface area contributed by atoms with E-state index in [0.717, 1.165) is 16.3 Å². The number of hydrogen-bond acceptors (Lipinski definition) is 3. The van der Waals surface area contributed by atoms with Crippen LogP contribution in [0.4, 0.5) is 0 Å². The molecular formula is C9H6N2OS. The van der Waals surface area contributed by atoms with Gasteiger partial charge in [0.25, 0.3) is 0 Å². The predicted octanol–water partition coefficient (Wildman–Crippen LogP) is 2.71. The fraction of sp³-hybridized carbons (Fsp3) is 0.111. The van der Waals surface area contributed by atoms with Crippen LogP contribution in [0.1, 0.15) is 16.6 Å². The molecular weight excluding hydrogens is 184 g/mol. The highest BCUT2D eigenvalue weighted by Crippen LogP contribution is 2.41. The van der Waals surface area contributed by atoms with E-state index < -0.39 is 0 Å². The van der Waals surface area contributed by atoms with E-state index in [1.165, 1.54) is 0 Å². The molecule has 1 aliphatic rings. The normalized spacial score (nSPS) is 18.3. The fourth-order valence-corrected chi connectivity index (χ4v) is 2.71. The predicted molar refractivity (Wildman–Crippen MR) is 51.3 cm³/mol. The summed E-state index contributed by atoms with van der Waals surface area (Å²) in [5.74, 6) is 0. The lowest BCUT2D eigenvalue weighted by Gasteiger charge is -1.97. The molecule has 0 saturated carbocycles. The molecule has 0 amide bonds. The third-order valence-electron chi connectivity index (χ3n) is 2.35. The van der Waals surface area contributed by atoms with Crippen LogP contribution in [-0.2, 0) is 0 Å². The first kappa shape index (κ1) is 7.03. The zero-order chi connectivity index (χ0) is 8.84. The lowest BCUT2D eigenvalue weighted by atomic mass is 10.2. The summed E-state index contributed by atoms with van der Waals surface area (Å²) in [5.41, 5.74) is 2.09. The van der Waals surface area contributed by atoms with Gasteiger partial charge >= 0.3 is 0 Å². The SMILES string of the molecule is O=NC1c2sccc2-n2cccc21. The molecule has 3 rings (SSSR count). The van der Waals surface area contributed by atoms with Crippen molar-refractivity contribution in [2.45, 2.75) is 6.04 Å². The summed E-state index contributed by atoms with van der Waals surface area (Å²) in [6.07, 6.45) is 1.96. The monoisotopic (exact) mass is 190 g/mol. The Morgan fingerprint density at radius 1 is 1.46 bits per heavy atom. The molecule has 64 valence electrons. The van der Waals surface area contributed by atoms with Crippen molar-refractivity contribution in [3.8, 4) is 5.69 Å². The molecule has 3 heterocycles. The third kappa shape index (κ3) is 0.734. The first-order chi connectivity index (χ1) is 6.42. The zero-order valence-electron chi connectivity index (χ0n) is 6.68. The van der Waals surface area contributed by atoms with E-state index in [4.69, 9.17) is 0 Å². The number of nitrogens with zero attached hydrogens (tertiary/aromatic N) is 2. The van der Waals surface area contributed by atoms with Crippen LogP contribution >= 0.6 is 11.3 Å². The summed E-state index contributed by atoms with van der Waals surface area (Å²) in [5, 5.41) is 5.15. The second-order valence-corrected chi connectivity index (χ2v) is 3.93. The maximum atomic E-state index is 10.7. The van der Waals surface area contributed by atoms with Crippen LogP contribution in [0.2, 0.25) is 0 Å². The molecule has 0 saturated heterocycles. The van der Waals surface area contributed by atoms with Crippen molar-refractivity contribution in [1.29, 1.82) is 0 Å². The van der Waals surface area contributed by atoms with Crippen molar-refractivity contribution in [1.82, 2.24) is 4.57 Å². The van der Waals surface area contributed by atoms with Crippen LogP contribution in [0.3, 0.4) is 0 Å². The summed E-state index contributed by atoms with van der Waals surface area (Å²) in [4.78, 5) is 11.7. The Balaban J connectivity index is 2.36. The van der Waals surface area contributed by atoms with E-state index in [-0.39, 0.29) is 6.04 Å². The van der Waals surface area contributed by atoms with E-state index in [1.54, 1.807) is 11.3 Å². The molecule has 0 aromatic carbocycles. The molecule has 2 aromatic rings. The number of fused-ring (bicyclic) bond motifs is 3. The first-order valence-corrected chi connectivity index (χ1v) is 4.87. The number of aromatic nitrogens is 1. The standard InChI is InChI=1S/C9H6N2OS/c12-10-8-6-2-1-4-11(6)7-3-5-13-9(7)8/h1-5,8H. The van der Waals surface area contributed by atoms with Crippen LogP contribution in [0.25, 0.3) is 5.69 Å². The highest BCUT2D eigenvalue weighted by atomic mass is 32.1. The molecule has 1 aliphatic heterocycles. The summed E-state index contributed by atoms with van der Waals surface area (Å²) in [6, 6.07) is 5.62. The van der Waals surface area contributed by atoms with E-state index in [0.29, 0.717) is 0 Å². The Labute approximate surface area is 78.6 Å². The summed E-state index contributed by atoms with van der Waals surface area (Å²) < 4.78 is 2.03. The Morgan fingerprint density at radius 2 is 2.38 bits per heavy atom. The topological polar surface area (TPSA) is 34.4 Å². The summed E-state index contributed by atoms with van der Waals surface area (Å²) >= 11 is 1.59. The quantitative estimate of drug-likeness (QED) is 0.636. The molecule has 0 radical (unpaired) electrons. The van der Waals surface area contributed by atoms with Crippen molar-refractivity contribution in [2.75, 3.05) is 0 Å². The molecule has 1 atom stereocenters. The summed E-state index contributed by atoms with van der Waals surface area (Å²) in [7, 11) is 0. The van der Waals surface area contributed by atoms with Gasteiger partial charge in [0.2, 0.25) is 0 Å². The van der Waals surface area contributed by atoms with Crippen molar-refractivity contribution in [3.63, 3.8) is 0 Å². The highest BCUT2D eigenvalue weighted by Gasteiger charge is 2.30. The molecule has 0 N–H and O–H groups in total. The second-order valence-electron chi connectivity index (χ2n) is 2.98. The molecule has 1 unspecified atom stereocenters. The van der Waals surface area contributed by atoms with Crippen LogP contribution in [-0.4, -0.2) is 4.57 Å². The maximum absolute atomic E-state index is 10.7. The molecule has 0 spiro atoms. The minimum Gasteiger partial charge on any atom is -0.317 e. The zero-order valence-corrected chi connectivity index (χ0v) is 7.49. The molecule has 0 fully saturated rings. The Bertz CT molecular complexity index is 431. The maximum Gasteiger partial charge on any atom is 0.168 e. The van der Waals surface area contributed by atoms with Gasteiger partial charge in [-0.3, -0.25) is 0 Å². The van der Waals surface area contributed by atoms with Gasteiger partial charge in [-0.2, -0.15) is 0 Å². The van der Waals surface area contributed by atoms with Gasteiger partial charge in [0.1, 0.15) is 0 Å². The van der Waals surface area contributed by atoms with Gasteiger partial charge in [0.15, 0.2) is 6.04 Å². The van der Waals surface area contributed by atoms with E-state index >= 15 is 0 Å². The molecule has 4 heteroatoms. The second kappa shape index (κ2) is 2.29. The minimum atomic E-state index is -0.287. The third-order valence-corrected chi connectivity index (χ3v) is 3.31. The van der Waals surface area contributed by atoms with Crippen LogP contribution < -0.4 is 0 Å². The van der Waals surface area contributed by atoms with Gasteiger partial charge in [-0.15, -0.1) is 16.2 Å². The van der Waals surface area contributed by atoms with E-state index in [9.17, 15) is 4.91 Å². The lowest BCUT2D eigenvalue weighted by Crippen LogP contribution is -1.90. The van der Waals surface area contributed by atoms with Crippen LogP contribution in [0.15, 0.2) is 35.0 Å². The Morgan fingerprint density at radius 3 is 3.23 bits per heavy atom. The fourth-order valence-electron chi connectivity index (χ4n) is 1.79. The van der Waals surface area contributed by atoms with Crippen molar-refractivity contribution in [2.24, 2.45) is 5.18 Å². The van der Waals surface area contributed by atoms with Crippen molar-refractivity contribution >= 4 is 11.3 Å². The van der Waals surface area contributed by atoms with E-state index in [2.05, 4.69) is 5.18 Å². The Hall–Kier alpha value is -1.42. The van der Waals surface area contributed by atoms with Gasteiger partial charge in [0, 0.05) is 6.20 Å². The molecule has 0 bridgehead atoms. The van der Waals surface area contributed by atoms with Crippen molar-refractivity contribution < 1.29 is 0 Å². The lowest BCUT2D eigenvalue weighted by molar-refractivity contribution is 0.868. The van der Waals surface area contributed by atoms with Gasteiger partial charge in [-0.05, 0) is 23.6 Å². The van der Waals surface area contributed by atoms with Gasteiger partial charge in [0.05, 0.1) is 16.3 Å². The number of thiophene rings is 1. The number of hydrogen-bond donors (Lipinski definition) is 0.